The van der Waals surface area contributed by atoms with Gasteiger partial charge in [-0.05, 0) is 54.2 Å². The van der Waals surface area contributed by atoms with Crippen LogP contribution in [-0.4, -0.2) is 25.1 Å². The lowest BCUT2D eigenvalue weighted by Gasteiger charge is -2.06. The van der Waals surface area contributed by atoms with E-state index in [1.54, 1.807) is 12.5 Å². The second kappa shape index (κ2) is 11.1. The zero-order chi connectivity index (χ0) is 22.0. The van der Waals surface area contributed by atoms with E-state index in [0.717, 1.165) is 48.4 Å². The van der Waals surface area contributed by atoms with E-state index in [1.807, 2.05) is 59.4 Å². The largest absolute Gasteiger partial charge is 0.487 e. The predicted octanol–water partition coefficient (Wildman–Crippen LogP) is 4.53. The number of nitrogens with zero attached hydrogens (tertiary/aromatic N) is 4. The summed E-state index contributed by atoms with van der Waals surface area (Å²) in [5.74, 6) is 1.33. The van der Waals surface area contributed by atoms with E-state index < -0.39 is 0 Å². The van der Waals surface area contributed by atoms with Gasteiger partial charge in [0.1, 0.15) is 24.3 Å². The smallest absolute Gasteiger partial charge is 0.218 e. The summed E-state index contributed by atoms with van der Waals surface area (Å²) in [6, 6.07) is 15.8. The highest BCUT2D eigenvalue weighted by Crippen LogP contribution is 2.16. The Balaban J connectivity index is 1.20. The van der Waals surface area contributed by atoms with E-state index in [0.29, 0.717) is 12.5 Å². The second-order valence-corrected chi connectivity index (χ2v) is 7.47. The van der Waals surface area contributed by atoms with Gasteiger partial charge in [-0.3, -0.25) is 4.68 Å². The van der Waals surface area contributed by atoms with Crippen LogP contribution in [0.25, 0.3) is 12.2 Å². The van der Waals surface area contributed by atoms with Gasteiger partial charge in [-0.15, -0.1) is 5.10 Å². The van der Waals surface area contributed by atoms with Crippen molar-refractivity contribution in [3.05, 3.63) is 95.5 Å². The van der Waals surface area contributed by atoms with Gasteiger partial charge in [0.15, 0.2) is 0 Å². The summed E-state index contributed by atoms with van der Waals surface area (Å²) in [7, 11) is 0. The van der Waals surface area contributed by atoms with Crippen LogP contribution in [0.3, 0.4) is 0 Å². The summed E-state index contributed by atoms with van der Waals surface area (Å²) >= 11 is 0. The molecule has 0 bridgehead atoms. The molecule has 2 aromatic carbocycles. The average Bonchev–Trinajstić information content (AvgIpc) is 3.52. The van der Waals surface area contributed by atoms with Gasteiger partial charge in [-0.25, -0.2) is 4.98 Å². The van der Waals surface area contributed by atoms with Crippen LogP contribution in [0.1, 0.15) is 41.1 Å². The molecule has 0 aliphatic heterocycles. The minimum Gasteiger partial charge on any atom is -0.487 e. The summed E-state index contributed by atoms with van der Waals surface area (Å²) in [6.07, 6.45) is 12.1. The molecule has 7 nitrogen and oxygen atoms in total. The first-order valence-corrected chi connectivity index (χ1v) is 10.7. The van der Waals surface area contributed by atoms with Crippen molar-refractivity contribution in [2.24, 2.45) is 0 Å². The van der Waals surface area contributed by atoms with Gasteiger partial charge in [-0.2, -0.15) is 0 Å². The molecule has 0 unspecified atom stereocenters. The van der Waals surface area contributed by atoms with Crippen molar-refractivity contribution in [2.45, 2.75) is 39.0 Å². The molecule has 0 saturated heterocycles. The molecule has 0 atom stereocenters. The number of ether oxygens (including phenoxy) is 1. The molecule has 32 heavy (non-hydrogen) atoms. The van der Waals surface area contributed by atoms with Crippen LogP contribution in [0.4, 0.5) is 0 Å². The number of rotatable bonds is 11. The van der Waals surface area contributed by atoms with Crippen molar-refractivity contribution in [1.82, 2.24) is 20.0 Å². The monoisotopic (exact) mass is 430 g/mol. The van der Waals surface area contributed by atoms with Gasteiger partial charge < -0.3 is 14.3 Å². The molecule has 0 aliphatic rings. The Kier molecular flexibility index (Phi) is 7.44. The fraction of sp³-hybridized carbons (Fsp3) is 0.240. The minimum atomic E-state index is 0.0424. The molecule has 4 aromatic rings. The molecule has 0 spiro atoms. The van der Waals surface area contributed by atoms with Crippen LogP contribution in [0.2, 0.25) is 0 Å². The van der Waals surface area contributed by atoms with Gasteiger partial charge >= 0.3 is 0 Å². The summed E-state index contributed by atoms with van der Waals surface area (Å²) in [5, 5.41) is 16.9. The number of benzene rings is 2. The topological polar surface area (TPSA) is 86.2 Å². The first kappa shape index (κ1) is 21.5. The first-order valence-electron chi connectivity index (χ1n) is 10.7. The molecule has 2 aromatic heterocycles. The number of oxazole rings is 1. The zero-order valence-corrected chi connectivity index (χ0v) is 17.8. The SMILES string of the molecule is OCc1ccc(/C=C/c2nc(COc3ccc(CCCCn4ccnn4)cc3)co2)cc1. The third-order valence-corrected chi connectivity index (χ3v) is 5.03. The number of aryl methyl sites for hydroxylation is 2. The van der Waals surface area contributed by atoms with E-state index in [-0.39, 0.29) is 6.61 Å². The molecule has 7 heteroatoms. The van der Waals surface area contributed by atoms with Crippen molar-refractivity contribution >= 4 is 12.2 Å². The molecule has 0 aliphatic carbocycles. The maximum absolute atomic E-state index is 9.10. The Morgan fingerprint density at radius 3 is 2.53 bits per heavy atom. The summed E-state index contributed by atoms with van der Waals surface area (Å²) < 4.78 is 13.2. The van der Waals surface area contributed by atoms with Crippen LogP contribution >= 0.6 is 0 Å². The maximum Gasteiger partial charge on any atom is 0.218 e. The molecule has 0 radical (unpaired) electrons. The second-order valence-electron chi connectivity index (χ2n) is 7.47. The molecular weight excluding hydrogens is 404 g/mol. The molecule has 4 rings (SSSR count). The highest BCUT2D eigenvalue weighted by atomic mass is 16.5. The fourth-order valence-electron chi connectivity index (χ4n) is 3.23. The van der Waals surface area contributed by atoms with Gasteiger partial charge in [0.05, 0.1) is 12.8 Å². The normalized spacial score (nSPS) is 11.3. The van der Waals surface area contributed by atoms with E-state index in [2.05, 4.69) is 27.4 Å². The number of aliphatic hydroxyl groups is 1. The van der Waals surface area contributed by atoms with E-state index >= 15 is 0 Å². The Morgan fingerprint density at radius 2 is 1.78 bits per heavy atom. The molecule has 0 amide bonds. The van der Waals surface area contributed by atoms with Crippen LogP contribution in [0.15, 0.2) is 71.6 Å². The van der Waals surface area contributed by atoms with E-state index in [1.165, 1.54) is 5.56 Å². The van der Waals surface area contributed by atoms with Gasteiger partial charge in [0, 0.05) is 18.8 Å². The highest BCUT2D eigenvalue weighted by molar-refractivity contribution is 5.66. The summed E-state index contributed by atoms with van der Waals surface area (Å²) in [4.78, 5) is 4.43. The molecule has 2 heterocycles. The van der Waals surface area contributed by atoms with Crippen LogP contribution in [-0.2, 0) is 26.2 Å². The summed E-state index contributed by atoms with van der Waals surface area (Å²) in [5.41, 5.74) is 3.92. The van der Waals surface area contributed by atoms with E-state index in [4.69, 9.17) is 14.3 Å². The Bertz CT molecular complexity index is 1100. The zero-order valence-electron chi connectivity index (χ0n) is 17.8. The minimum absolute atomic E-state index is 0.0424. The number of hydrogen-bond donors (Lipinski definition) is 1. The molecule has 0 saturated carbocycles. The first-order chi connectivity index (χ1) is 15.8. The lowest BCUT2D eigenvalue weighted by molar-refractivity contribution is 0.282. The molecular formula is C25H26N4O3. The number of aromatic nitrogens is 4. The summed E-state index contributed by atoms with van der Waals surface area (Å²) in [6.45, 7) is 1.28. The lowest BCUT2D eigenvalue weighted by atomic mass is 10.1. The molecule has 1 N–H and O–H groups in total. The van der Waals surface area contributed by atoms with Crippen LogP contribution in [0, 0.1) is 0 Å². The van der Waals surface area contributed by atoms with Crippen LogP contribution in [0.5, 0.6) is 5.75 Å². The van der Waals surface area contributed by atoms with Crippen molar-refractivity contribution in [1.29, 1.82) is 0 Å². The third kappa shape index (κ3) is 6.39. The lowest BCUT2D eigenvalue weighted by Crippen LogP contribution is -1.99. The highest BCUT2D eigenvalue weighted by Gasteiger charge is 2.03. The predicted molar refractivity (Wildman–Crippen MR) is 122 cm³/mol. The van der Waals surface area contributed by atoms with Crippen molar-refractivity contribution in [3.8, 4) is 5.75 Å². The average molecular weight is 431 g/mol. The van der Waals surface area contributed by atoms with Gasteiger partial charge in [0.25, 0.3) is 0 Å². The third-order valence-electron chi connectivity index (χ3n) is 5.03. The van der Waals surface area contributed by atoms with Gasteiger partial charge in [0.2, 0.25) is 5.89 Å². The Labute approximate surface area is 187 Å². The number of hydrogen-bond acceptors (Lipinski definition) is 6. The number of unbranched alkanes of at least 4 members (excludes halogenated alkanes) is 1. The van der Waals surface area contributed by atoms with Crippen LogP contribution < -0.4 is 4.74 Å². The van der Waals surface area contributed by atoms with E-state index in [9.17, 15) is 0 Å². The standard InChI is InChI=1S/C25H26N4O3/c30-17-22-6-4-21(5-7-22)10-13-25-27-23(19-32-25)18-31-24-11-8-20(9-12-24)3-1-2-15-29-16-14-26-28-29/h4-14,16,19,30H,1-3,15,17-18H2/b13-10+. The molecule has 0 fully saturated rings. The maximum atomic E-state index is 9.10. The van der Waals surface area contributed by atoms with Gasteiger partial charge in [-0.1, -0.05) is 41.6 Å². The van der Waals surface area contributed by atoms with Crippen molar-refractivity contribution in [2.75, 3.05) is 0 Å². The number of aliphatic hydroxyl groups excluding tert-OH is 1. The fourth-order valence-corrected chi connectivity index (χ4v) is 3.23. The Morgan fingerprint density at radius 1 is 0.969 bits per heavy atom. The Hall–Kier alpha value is -3.71. The van der Waals surface area contributed by atoms with Crippen molar-refractivity contribution < 1.29 is 14.3 Å². The quantitative estimate of drug-likeness (QED) is 0.352. The van der Waals surface area contributed by atoms with Crippen molar-refractivity contribution in [3.63, 3.8) is 0 Å². The molecule has 164 valence electrons.